The maximum absolute atomic E-state index is 12.4. The van der Waals surface area contributed by atoms with Crippen LogP contribution in [-0.4, -0.2) is 16.5 Å². The van der Waals surface area contributed by atoms with E-state index >= 15 is 0 Å². The first-order valence-electron chi connectivity index (χ1n) is 7.97. The Morgan fingerprint density at radius 2 is 2.05 bits per heavy atom. The minimum atomic E-state index is 0.158. The van der Waals surface area contributed by atoms with Gasteiger partial charge >= 0.3 is 0 Å². The van der Waals surface area contributed by atoms with E-state index in [4.69, 9.17) is 0 Å². The highest BCUT2D eigenvalue weighted by molar-refractivity contribution is 5.89. The van der Waals surface area contributed by atoms with Crippen LogP contribution in [0.1, 0.15) is 38.2 Å². The number of hydrogen-bond acceptors (Lipinski definition) is 1. The molecule has 21 heavy (non-hydrogen) atoms. The summed E-state index contributed by atoms with van der Waals surface area (Å²) in [7, 11) is 2.03. The monoisotopic (exact) mass is 284 g/mol. The van der Waals surface area contributed by atoms with Gasteiger partial charge in [-0.05, 0) is 30.4 Å². The molecule has 2 atom stereocenters. The van der Waals surface area contributed by atoms with Gasteiger partial charge in [0.15, 0.2) is 0 Å². The summed E-state index contributed by atoms with van der Waals surface area (Å²) in [5.74, 6) is 0.764. The Balaban J connectivity index is 1.71. The molecule has 1 aromatic heterocycles. The lowest BCUT2D eigenvalue weighted by atomic mass is 9.86. The minimum absolute atomic E-state index is 0.158. The molecule has 3 heteroatoms. The molecule has 1 amide bonds. The highest BCUT2D eigenvalue weighted by Crippen LogP contribution is 2.24. The van der Waals surface area contributed by atoms with Gasteiger partial charge in [0, 0.05) is 30.2 Å². The molecule has 1 aliphatic carbocycles. The molecule has 1 aliphatic rings. The summed E-state index contributed by atoms with van der Waals surface area (Å²) in [6, 6.07) is 8.63. The number of para-hydroxylation sites is 1. The minimum Gasteiger partial charge on any atom is -0.353 e. The Morgan fingerprint density at radius 1 is 1.29 bits per heavy atom. The lowest BCUT2D eigenvalue weighted by molar-refractivity contribution is -0.121. The molecule has 3 rings (SSSR count). The van der Waals surface area contributed by atoms with Gasteiger partial charge < -0.3 is 9.88 Å². The zero-order chi connectivity index (χ0) is 14.8. The van der Waals surface area contributed by atoms with Gasteiger partial charge in [-0.1, -0.05) is 38.0 Å². The number of amides is 1. The van der Waals surface area contributed by atoms with E-state index in [-0.39, 0.29) is 5.91 Å². The van der Waals surface area contributed by atoms with E-state index in [1.165, 1.54) is 30.2 Å². The zero-order valence-corrected chi connectivity index (χ0v) is 12.9. The number of benzene rings is 1. The Hall–Kier alpha value is -1.77. The molecule has 2 unspecified atom stereocenters. The van der Waals surface area contributed by atoms with Crippen molar-refractivity contribution in [2.45, 2.75) is 45.1 Å². The summed E-state index contributed by atoms with van der Waals surface area (Å²) in [5, 5.41) is 4.43. The number of hydrogen-bond donors (Lipinski definition) is 1. The second-order valence-corrected chi connectivity index (χ2v) is 6.39. The largest absolute Gasteiger partial charge is 0.353 e. The van der Waals surface area contributed by atoms with Crippen molar-refractivity contribution < 1.29 is 4.79 Å². The molecule has 0 spiro atoms. The van der Waals surface area contributed by atoms with Crippen molar-refractivity contribution in [3.63, 3.8) is 0 Å². The van der Waals surface area contributed by atoms with Crippen LogP contribution in [-0.2, 0) is 18.3 Å². The zero-order valence-electron chi connectivity index (χ0n) is 12.9. The first-order chi connectivity index (χ1) is 10.1. The summed E-state index contributed by atoms with van der Waals surface area (Å²) in [4.78, 5) is 12.4. The molecule has 1 fully saturated rings. The molecule has 1 aromatic carbocycles. The lowest BCUT2D eigenvalue weighted by Gasteiger charge is -2.29. The van der Waals surface area contributed by atoms with Crippen LogP contribution in [0.3, 0.4) is 0 Å². The van der Waals surface area contributed by atoms with E-state index in [1.807, 2.05) is 19.2 Å². The molecule has 0 saturated heterocycles. The fourth-order valence-corrected chi connectivity index (χ4v) is 3.53. The molecular formula is C18H24N2O. The summed E-state index contributed by atoms with van der Waals surface area (Å²) in [6.07, 6.45) is 7.46. The van der Waals surface area contributed by atoms with E-state index in [1.54, 1.807) is 0 Å². The van der Waals surface area contributed by atoms with Crippen molar-refractivity contribution in [1.29, 1.82) is 0 Å². The van der Waals surface area contributed by atoms with E-state index < -0.39 is 0 Å². The Labute approximate surface area is 126 Å². The van der Waals surface area contributed by atoms with Crippen molar-refractivity contribution in [3.8, 4) is 0 Å². The third-order valence-electron chi connectivity index (χ3n) is 4.79. The first-order valence-corrected chi connectivity index (χ1v) is 7.97. The molecule has 1 saturated carbocycles. The second-order valence-electron chi connectivity index (χ2n) is 6.39. The summed E-state index contributed by atoms with van der Waals surface area (Å²) in [5.41, 5.74) is 2.31. The predicted octanol–water partition coefficient (Wildman–Crippen LogP) is 3.42. The predicted molar refractivity (Wildman–Crippen MR) is 86.2 cm³/mol. The number of carbonyl (C=O) groups excluding carboxylic acids is 1. The molecule has 1 N–H and O–H groups in total. The van der Waals surface area contributed by atoms with Crippen LogP contribution >= 0.6 is 0 Å². The Kier molecular flexibility index (Phi) is 4.00. The maximum Gasteiger partial charge on any atom is 0.224 e. The van der Waals surface area contributed by atoms with Crippen molar-refractivity contribution in [1.82, 2.24) is 9.88 Å². The summed E-state index contributed by atoms with van der Waals surface area (Å²) < 4.78 is 2.10. The van der Waals surface area contributed by atoms with Crippen molar-refractivity contribution in [3.05, 3.63) is 36.0 Å². The van der Waals surface area contributed by atoms with Crippen LogP contribution in [0, 0.1) is 5.92 Å². The average Bonchev–Trinajstić information content (AvgIpc) is 2.79. The first kappa shape index (κ1) is 14.2. The van der Waals surface area contributed by atoms with Gasteiger partial charge in [0.05, 0.1) is 6.42 Å². The van der Waals surface area contributed by atoms with Gasteiger partial charge in [-0.2, -0.15) is 0 Å². The SMILES string of the molecule is CC1CCCCC1NC(=O)Cc1cn(C)c2ccccc12. The third kappa shape index (κ3) is 2.97. The van der Waals surface area contributed by atoms with Gasteiger partial charge in [-0.15, -0.1) is 0 Å². The standard InChI is InChI=1S/C18H24N2O/c1-13-7-3-5-9-16(13)19-18(21)11-14-12-20(2)17-10-6-4-8-15(14)17/h4,6,8,10,12-13,16H,3,5,7,9,11H2,1-2H3,(H,19,21). The molecule has 0 aliphatic heterocycles. The van der Waals surface area contributed by atoms with Crippen molar-refractivity contribution in [2.24, 2.45) is 13.0 Å². The lowest BCUT2D eigenvalue weighted by Crippen LogP contribution is -2.41. The Bertz CT molecular complexity index is 644. The number of aryl methyl sites for hydroxylation is 1. The highest BCUT2D eigenvalue weighted by atomic mass is 16.1. The summed E-state index contributed by atoms with van der Waals surface area (Å²) in [6.45, 7) is 2.25. The van der Waals surface area contributed by atoms with Crippen LogP contribution in [0.4, 0.5) is 0 Å². The van der Waals surface area contributed by atoms with E-state index in [2.05, 4.69) is 35.1 Å². The molecule has 2 aromatic rings. The van der Waals surface area contributed by atoms with Crippen LogP contribution in [0.5, 0.6) is 0 Å². The quantitative estimate of drug-likeness (QED) is 0.920. The second kappa shape index (κ2) is 5.92. The topological polar surface area (TPSA) is 34.0 Å². The smallest absolute Gasteiger partial charge is 0.224 e. The van der Waals surface area contributed by atoms with Gasteiger partial charge in [-0.25, -0.2) is 0 Å². The Morgan fingerprint density at radius 3 is 2.86 bits per heavy atom. The van der Waals surface area contributed by atoms with E-state index in [0.29, 0.717) is 18.4 Å². The fourth-order valence-electron chi connectivity index (χ4n) is 3.53. The van der Waals surface area contributed by atoms with Crippen molar-refractivity contribution >= 4 is 16.8 Å². The number of fused-ring (bicyclic) bond motifs is 1. The fraction of sp³-hybridized carbons (Fsp3) is 0.500. The summed E-state index contributed by atoms with van der Waals surface area (Å²) >= 11 is 0. The van der Waals surface area contributed by atoms with Crippen LogP contribution in [0.25, 0.3) is 10.9 Å². The van der Waals surface area contributed by atoms with Gasteiger partial charge in [0.1, 0.15) is 0 Å². The molecular weight excluding hydrogens is 260 g/mol. The van der Waals surface area contributed by atoms with Gasteiger partial charge in [0.2, 0.25) is 5.91 Å². The average molecular weight is 284 g/mol. The maximum atomic E-state index is 12.4. The highest BCUT2D eigenvalue weighted by Gasteiger charge is 2.23. The van der Waals surface area contributed by atoms with Crippen molar-refractivity contribution in [2.75, 3.05) is 0 Å². The van der Waals surface area contributed by atoms with E-state index in [0.717, 1.165) is 12.0 Å². The van der Waals surface area contributed by atoms with Gasteiger partial charge in [-0.3, -0.25) is 4.79 Å². The van der Waals surface area contributed by atoms with Gasteiger partial charge in [0.25, 0.3) is 0 Å². The number of carbonyl (C=O) groups is 1. The van der Waals surface area contributed by atoms with Crippen LogP contribution in [0.15, 0.2) is 30.5 Å². The molecule has 0 bridgehead atoms. The van der Waals surface area contributed by atoms with Crippen LogP contribution < -0.4 is 5.32 Å². The normalized spacial score (nSPS) is 22.4. The van der Waals surface area contributed by atoms with Crippen LogP contribution in [0.2, 0.25) is 0 Å². The number of nitrogens with zero attached hydrogens (tertiary/aromatic N) is 1. The number of aromatic nitrogens is 1. The number of rotatable bonds is 3. The molecule has 112 valence electrons. The van der Waals surface area contributed by atoms with E-state index in [9.17, 15) is 4.79 Å². The third-order valence-corrected chi connectivity index (χ3v) is 4.79. The number of nitrogens with one attached hydrogen (secondary N) is 1. The molecule has 1 heterocycles. The molecule has 3 nitrogen and oxygen atoms in total. The molecule has 0 radical (unpaired) electrons.